The molecule has 1 aromatic heterocycles. The molecule has 1 saturated heterocycles. The Labute approximate surface area is 129 Å². The Morgan fingerprint density at radius 1 is 1.57 bits per heavy atom. The first kappa shape index (κ1) is 15.9. The number of carbonyl (C=O) groups excluding carboxylic acids is 1. The van der Waals surface area contributed by atoms with Crippen LogP contribution in [0.4, 0.5) is 10.7 Å². The summed E-state index contributed by atoms with van der Waals surface area (Å²) in [7, 11) is 5.78. The summed E-state index contributed by atoms with van der Waals surface area (Å²) in [4.78, 5) is 17.1. The Morgan fingerprint density at radius 3 is 2.81 bits per heavy atom. The molecular formula is C14H24N4O2S. The van der Waals surface area contributed by atoms with Gasteiger partial charge in [0.1, 0.15) is 15.6 Å². The highest BCUT2D eigenvalue weighted by Crippen LogP contribution is 2.45. The third kappa shape index (κ3) is 3.08. The standard InChI is InChI=1S/C14H24N4O2S/c1-5-16-13(19)12-10(15)11(20-4)14(21-12)18-7-6-9(8-18)17(2)3/h9H,5-8,15H2,1-4H3,(H,16,19). The van der Waals surface area contributed by atoms with Crippen molar-refractivity contribution in [2.75, 3.05) is 51.5 Å². The number of likely N-dealkylation sites (N-methyl/N-ethyl adjacent to an activating group) is 1. The Hall–Kier alpha value is -1.47. The van der Waals surface area contributed by atoms with Gasteiger partial charge >= 0.3 is 0 Å². The molecular weight excluding hydrogens is 288 g/mol. The lowest BCUT2D eigenvalue weighted by atomic mass is 10.2. The van der Waals surface area contributed by atoms with E-state index in [-0.39, 0.29) is 5.91 Å². The number of methoxy groups -OCH3 is 1. The maximum atomic E-state index is 12.1. The summed E-state index contributed by atoms with van der Waals surface area (Å²) in [5, 5.41) is 3.75. The van der Waals surface area contributed by atoms with Crippen molar-refractivity contribution in [3.05, 3.63) is 4.88 Å². The van der Waals surface area contributed by atoms with E-state index in [0.717, 1.165) is 24.5 Å². The van der Waals surface area contributed by atoms with Gasteiger partial charge in [-0.1, -0.05) is 0 Å². The minimum Gasteiger partial charge on any atom is -0.492 e. The number of carbonyl (C=O) groups is 1. The van der Waals surface area contributed by atoms with Crippen molar-refractivity contribution >= 4 is 27.9 Å². The third-order valence-corrected chi connectivity index (χ3v) is 5.06. The van der Waals surface area contributed by atoms with Crippen LogP contribution in [-0.4, -0.2) is 57.7 Å². The van der Waals surface area contributed by atoms with E-state index in [4.69, 9.17) is 10.5 Å². The molecule has 6 nitrogen and oxygen atoms in total. The molecule has 2 rings (SSSR count). The molecule has 1 fully saturated rings. The molecule has 2 heterocycles. The zero-order valence-corrected chi connectivity index (χ0v) is 13.9. The summed E-state index contributed by atoms with van der Waals surface area (Å²) in [6.07, 6.45) is 1.10. The number of nitrogen functional groups attached to an aromatic ring is 1. The molecule has 1 amide bonds. The van der Waals surface area contributed by atoms with E-state index in [1.807, 2.05) is 6.92 Å². The van der Waals surface area contributed by atoms with Gasteiger partial charge in [-0.25, -0.2) is 0 Å². The maximum absolute atomic E-state index is 12.1. The molecule has 7 heteroatoms. The fourth-order valence-electron chi connectivity index (χ4n) is 2.58. The number of hydrogen-bond acceptors (Lipinski definition) is 6. The average Bonchev–Trinajstić information content (AvgIpc) is 3.03. The van der Waals surface area contributed by atoms with Gasteiger partial charge in [0.15, 0.2) is 5.75 Å². The van der Waals surface area contributed by atoms with Crippen LogP contribution in [0.5, 0.6) is 5.75 Å². The molecule has 0 radical (unpaired) electrons. The van der Waals surface area contributed by atoms with Gasteiger partial charge in [-0.05, 0) is 27.4 Å². The summed E-state index contributed by atoms with van der Waals surface area (Å²) >= 11 is 1.42. The van der Waals surface area contributed by atoms with E-state index >= 15 is 0 Å². The Bertz CT molecular complexity index is 515. The van der Waals surface area contributed by atoms with Gasteiger partial charge in [0.25, 0.3) is 5.91 Å². The van der Waals surface area contributed by atoms with Crippen LogP contribution in [0, 0.1) is 0 Å². The molecule has 0 spiro atoms. The summed E-state index contributed by atoms with van der Waals surface area (Å²) in [5.74, 6) is 0.494. The molecule has 1 aliphatic heterocycles. The molecule has 1 aliphatic rings. The minimum atomic E-state index is -0.132. The van der Waals surface area contributed by atoms with Crippen LogP contribution >= 0.6 is 11.3 Å². The molecule has 21 heavy (non-hydrogen) atoms. The van der Waals surface area contributed by atoms with Gasteiger partial charge < -0.3 is 25.6 Å². The van der Waals surface area contributed by atoms with Gasteiger partial charge in [-0.2, -0.15) is 0 Å². The highest BCUT2D eigenvalue weighted by Gasteiger charge is 2.30. The number of hydrogen-bond donors (Lipinski definition) is 2. The summed E-state index contributed by atoms with van der Waals surface area (Å²) in [6, 6.07) is 0.519. The van der Waals surface area contributed by atoms with Crippen molar-refractivity contribution in [1.82, 2.24) is 10.2 Å². The first-order valence-corrected chi connectivity index (χ1v) is 7.97. The van der Waals surface area contributed by atoms with Crippen LogP contribution < -0.4 is 20.7 Å². The second-order valence-electron chi connectivity index (χ2n) is 5.39. The molecule has 0 bridgehead atoms. The van der Waals surface area contributed by atoms with Gasteiger partial charge in [0.05, 0.1) is 7.11 Å². The second kappa shape index (κ2) is 6.53. The van der Waals surface area contributed by atoms with E-state index in [0.29, 0.717) is 28.9 Å². The van der Waals surface area contributed by atoms with Gasteiger partial charge in [0, 0.05) is 25.7 Å². The number of nitrogens with two attached hydrogens (primary N) is 1. The van der Waals surface area contributed by atoms with Crippen molar-refractivity contribution in [2.45, 2.75) is 19.4 Å². The van der Waals surface area contributed by atoms with Crippen LogP contribution in [0.1, 0.15) is 23.0 Å². The summed E-state index contributed by atoms with van der Waals surface area (Å²) in [5.41, 5.74) is 6.54. The second-order valence-corrected chi connectivity index (χ2v) is 6.39. The molecule has 0 saturated carbocycles. The normalized spacial score (nSPS) is 18.3. The largest absolute Gasteiger partial charge is 0.492 e. The number of nitrogens with zero attached hydrogens (tertiary/aromatic N) is 2. The highest BCUT2D eigenvalue weighted by molar-refractivity contribution is 7.19. The smallest absolute Gasteiger partial charge is 0.263 e. The lowest BCUT2D eigenvalue weighted by molar-refractivity contribution is 0.0960. The van der Waals surface area contributed by atoms with Crippen molar-refractivity contribution in [3.63, 3.8) is 0 Å². The van der Waals surface area contributed by atoms with Gasteiger partial charge in [-0.3, -0.25) is 4.79 Å². The Kier molecular flexibility index (Phi) is 4.95. The zero-order valence-electron chi connectivity index (χ0n) is 13.1. The predicted octanol–water partition coefficient (Wildman–Crippen LogP) is 1.23. The topological polar surface area (TPSA) is 70.8 Å². The van der Waals surface area contributed by atoms with E-state index < -0.39 is 0 Å². The van der Waals surface area contributed by atoms with E-state index in [1.165, 1.54) is 11.3 Å². The monoisotopic (exact) mass is 312 g/mol. The van der Waals surface area contributed by atoms with Crippen LogP contribution in [0.3, 0.4) is 0 Å². The van der Waals surface area contributed by atoms with Gasteiger partial charge in [-0.15, -0.1) is 11.3 Å². The van der Waals surface area contributed by atoms with E-state index in [1.54, 1.807) is 7.11 Å². The molecule has 1 aromatic rings. The summed E-state index contributed by atoms with van der Waals surface area (Å²) < 4.78 is 5.44. The Balaban J connectivity index is 2.28. The molecule has 1 unspecified atom stereocenters. The molecule has 3 N–H and O–H groups in total. The summed E-state index contributed by atoms with van der Waals surface area (Å²) in [6.45, 7) is 4.36. The van der Waals surface area contributed by atoms with Crippen molar-refractivity contribution < 1.29 is 9.53 Å². The molecule has 1 atom stereocenters. The SMILES string of the molecule is CCNC(=O)c1sc(N2CCC(N(C)C)C2)c(OC)c1N. The van der Waals surface area contributed by atoms with Crippen molar-refractivity contribution in [3.8, 4) is 5.75 Å². The number of anilines is 2. The number of thiophene rings is 1. The number of ether oxygens (including phenoxy) is 1. The quantitative estimate of drug-likeness (QED) is 0.856. The molecule has 118 valence electrons. The predicted molar refractivity (Wildman–Crippen MR) is 87.6 cm³/mol. The Morgan fingerprint density at radius 2 is 2.29 bits per heavy atom. The van der Waals surface area contributed by atoms with Crippen LogP contribution in [-0.2, 0) is 0 Å². The van der Waals surface area contributed by atoms with Crippen LogP contribution in [0.25, 0.3) is 0 Å². The van der Waals surface area contributed by atoms with E-state index in [9.17, 15) is 4.79 Å². The van der Waals surface area contributed by atoms with Crippen molar-refractivity contribution in [2.24, 2.45) is 0 Å². The fraction of sp³-hybridized carbons (Fsp3) is 0.643. The zero-order chi connectivity index (χ0) is 15.6. The fourth-order valence-corrected chi connectivity index (χ4v) is 3.72. The molecule has 0 aliphatic carbocycles. The highest BCUT2D eigenvalue weighted by atomic mass is 32.1. The van der Waals surface area contributed by atoms with Crippen LogP contribution in [0.2, 0.25) is 0 Å². The lowest BCUT2D eigenvalue weighted by Crippen LogP contribution is -2.31. The van der Waals surface area contributed by atoms with E-state index in [2.05, 4.69) is 29.2 Å². The van der Waals surface area contributed by atoms with Crippen molar-refractivity contribution in [1.29, 1.82) is 0 Å². The molecule has 0 aromatic carbocycles. The van der Waals surface area contributed by atoms with Gasteiger partial charge in [0.2, 0.25) is 0 Å². The number of amides is 1. The number of nitrogens with one attached hydrogen (secondary N) is 1. The minimum absolute atomic E-state index is 0.132. The lowest BCUT2D eigenvalue weighted by Gasteiger charge is -2.21. The number of rotatable bonds is 5. The van der Waals surface area contributed by atoms with Crippen LogP contribution in [0.15, 0.2) is 0 Å². The third-order valence-electron chi connectivity index (χ3n) is 3.81. The first-order valence-electron chi connectivity index (χ1n) is 7.15. The average molecular weight is 312 g/mol. The maximum Gasteiger partial charge on any atom is 0.263 e. The first-order chi connectivity index (χ1) is 9.99.